The van der Waals surface area contributed by atoms with Crippen LogP contribution in [-0.2, 0) is 0 Å². The van der Waals surface area contributed by atoms with Gasteiger partial charge in [-0.05, 0) is 30.3 Å². The van der Waals surface area contributed by atoms with Crippen molar-refractivity contribution >= 4 is 43.7 Å². The zero-order valence-electron chi connectivity index (χ0n) is 18.1. The van der Waals surface area contributed by atoms with Gasteiger partial charge < -0.3 is 8.98 Å². The van der Waals surface area contributed by atoms with Gasteiger partial charge in [0.1, 0.15) is 11.7 Å². The number of para-hydroxylation sites is 3. The van der Waals surface area contributed by atoms with E-state index in [1.165, 1.54) is 5.39 Å². The number of benzene rings is 4. The lowest BCUT2D eigenvalue weighted by Crippen LogP contribution is -1.97. The largest absolute Gasteiger partial charge is 0.454 e. The summed E-state index contributed by atoms with van der Waals surface area (Å²) in [6, 6.07) is 33.3. The number of rotatable bonds is 2. The van der Waals surface area contributed by atoms with Crippen molar-refractivity contribution in [2.45, 2.75) is 0 Å². The summed E-state index contributed by atoms with van der Waals surface area (Å²) in [6.07, 6.45) is 3.40. The fourth-order valence-corrected chi connectivity index (χ4v) is 5.04. The van der Waals surface area contributed by atoms with Gasteiger partial charge in [0.25, 0.3) is 0 Å². The van der Waals surface area contributed by atoms with E-state index in [2.05, 4.69) is 70.2 Å². The van der Waals surface area contributed by atoms with Crippen LogP contribution in [0, 0.1) is 11.3 Å². The molecule has 4 nitrogen and oxygen atoms in total. The second-order valence-corrected chi connectivity index (χ2v) is 8.38. The molecule has 0 spiro atoms. The number of hydrogen-bond donors (Lipinski definition) is 0. The van der Waals surface area contributed by atoms with Crippen LogP contribution in [0.25, 0.3) is 60.6 Å². The number of pyridine rings is 1. The molecule has 0 radical (unpaired) electrons. The van der Waals surface area contributed by atoms with Gasteiger partial charge in [-0.1, -0.05) is 60.7 Å². The quantitative estimate of drug-likeness (QED) is 0.281. The maximum atomic E-state index is 9.42. The maximum absolute atomic E-state index is 9.42. The summed E-state index contributed by atoms with van der Waals surface area (Å²) in [5.41, 5.74) is 7.33. The molecular formula is C30H17N3O. The fraction of sp³-hybridized carbons (Fsp3) is 0. The number of furan rings is 1. The number of nitrogens with zero attached hydrogens (tertiary/aromatic N) is 3. The minimum absolute atomic E-state index is 0.536. The predicted molar refractivity (Wildman–Crippen MR) is 136 cm³/mol. The van der Waals surface area contributed by atoms with Crippen LogP contribution in [-0.4, -0.2) is 9.55 Å². The van der Waals surface area contributed by atoms with Crippen molar-refractivity contribution in [1.82, 2.24) is 9.55 Å². The summed E-state index contributed by atoms with van der Waals surface area (Å²) in [7, 11) is 0. The first-order chi connectivity index (χ1) is 16.8. The van der Waals surface area contributed by atoms with E-state index < -0.39 is 0 Å². The standard InChI is InChI=1S/C30H17N3O/c31-16-19-15-20(18-32-17-19)21-7-1-4-10-26(21)33-27-11-5-2-8-22(27)24-13-14-25-23-9-3-6-12-28(23)34-30(25)29(24)33/h1-15,17-18H. The van der Waals surface area contributed by atoms with E-state index in [0.717, 1.165) is 55.2 Å². The molecule has 0 aliphatic carbocycles. The summed E-state index contributed by atoms with van der Waals surface area (Å²) in [5, 5.41) is 13.9. The smallest absolute Gasteiger partial charge is 0.160 e. The van der Waals surface area contributed by atoms with Crippen LogP contribution < -0.4 is 0 Å². The Morgan fingerprint density at radius 3 is 2.41 bits per heavy atom. The van der Waals surface area contributed by atoms with Crippen molar-refractivity contribution < 1.29 is 4.42 Å². The first-order valence-corrected chi connectivity index (χ1v) is 11.1. The van der Waals surface area contributed by atoms with E-state index in [1.54, 1.807) is 6.20 Å². The Kier molecular flexibility index (Phi) is 3.88. The molecule has 0 saturated heterocycles. The van der Waals surface area contributed by atoms with Gasteiger partial charge in [-0.2, -0.15) is 5.26 Å². The molecule has 0 bridgehead atoms. The van der Waals surface area contributed by atoms with Crippen molar-refractivity contribution in [1.29, 1.82) is 5.26 Å². The number of aromatic nitrogens is 2. The lowest BCUT2D eigenvalue weighted by atomic mass is 10.0. The van der Waals surface area contributed by atoms with Gasteiger partial charge in [0, 0.05) is 45.1 Å². The molecule has 0 N–H and O–H groups in total. The third kappa shape index (κ3) is 2.55. The van der Waals surface area contributed by atoms with Gasteiger partial charge in [0.15, 0.2) is 5.58 Å². The van der Waals surface area contributed by atoms with Crippen LogP contribution in [0.15, 0.2) is 108 Å². The van der Waals surface area contributed by atoms with E-state index in [1.807, 2.05) is 42.6 Å². The third-order valence-corrected chi connectivity index (χ3v) is 6.50. The SMILES string of the molecule is N#Cc1cncc(-c2ccccc2-n2c3ccccc3c3ccc4c5ccccc5oc4c32)c1. The molecule has 0 fully saturated rings. The molecule has 7 rings (SSSR count). The minimum Gasteiger partial charge on any atom is -0.454 e. The number of nitriles is 1. The summed E-state index contributed by atoms with van der Waals surface area (Å²) < 4.78 is 8.74. The highest BCUT2D eigenvalue weighted by Gasteiger charge is 2.20. The van der Waals surface area contributed by atoms with E-state index in [-0.39, 0.29) is 0 Å². The molecule has 0 atom stereocenters. The minimum atomic E-state index is 0.536. The second-order valence-electron chi connectivity index (χ2n) is 8.38. The molecule has 0 aliphatic rings. The van der Waals surface area contributed by atoms with Gasteiger partial charge in [0.05, 0.1) is 22.3 Å². The van der Waals surface area contributed by atoms with Crippen LogP contribution in [0.4, 0.5) is 0 Å². The van der Waals surface area contributed by atoms with Crippen molar-refractivity contribution in [2.75, 3.05) is 0 Å². The van der Waals surface area contributed by atoms with Crippen molar-refractivity contribution in [3.8, 4) is 22.9 Å². The molecule has 0 saturated carbocycles. The molecule has 0 amide bonds. The van der Waals surface area contributed by atoms with Crippen LogP contribution in [0.5, 0.6) is 0 Å². The van der Waals surface area contributed by atoms with Crippen LogP contribution in [0.3, 0.4) is 0 Å². The van der Waals surface area contributed by atoms with Crippen molar-refractivity contribution in [3.05, 3.63) is 109 Å². The highest BCUT2D eigenvalue weighted by Crippen LogP contribution is 2.41. The molecule has 4 heteroatoms. The topological polar surface area (TPSA) is 54.8 Å². The zero-order chi connectivity index (χ0) is 22.6. The summed E-state index contributed by atoms with van der Waals surface area (Å²) >= 11 is 0. The summed E-state index contributed by atoms with van der Waals surface area (Å²) in [6.45, 7) is 0. The fourth-order valence-electron chi connectivity index (χ4n) is 5.04. The number of fused-ring (bicyclic) bond motifs is 7. The Morgan fingerprint density at radius 1 is 0.735 bits per heavy atom. The third-order valence-electron chi connectivity index (χ3n) is 6.50. The highest BCUT2D eigenvalue weighted by atomic mass is 16.3. The van der Waals surface area contributed by atoms with Crippen molar-refractivity contribution in [3.63, 3.8) is 0 Å². The van der Waals surface area contributed by atoms with Crippen molar-refractivity contribution in [2.24, 2.45) is 0 Å². The normalized spacial score (nSPS) is 11.5. The van der Waals surface area contributed by atoms with Gasteiger partial charge >= 0.3 is 0 Å². The maximum Gasteiger partial charge on any atom is 0.160 e. The molecule has 3 aromatic heterocycles. The first kappa shape index (κ1) is 18.7. The van der Waals surface area contributed by atoms with Crippen LogP contribution >= 0.6 is 0 Å². The Bertz CT molecular complexity index is 1930. The average molecular weight is 435 g/mol. The van der Waals surface area contributed by atoms with E-state index >= 15 is 0 Å². The monoisotopic (exact) mass is 435 g/mol. The first-order valence-electron chi connectivity index (χ1n) is 11.1. The molecule has 34 heavy (non-hydrogen) atoms. The van der Waals surface area contributed by atoms with E-state index in [0.29, 0.717) is 5.56 Å². The summed E-state index contributed by atoms with van der Waals surface area (Å²) in [5.74, 6) is 0. The molecule has 3 heterocycles. The Labute approximate surface area is 194 Å². The average Bonchev–Trinajstić information content (AvgIpc) is 3.44. The molecular weight excluding hydrogens is 418 g/mol. The molecule has 7 aromatic rings. The van der Waals surface area contributed by atoms with E-state index in [4.69, 9.17) is 4.42 Å². The lowest BCUT2D eigenvalue weighted by molar-refractivity contribution is 0.671. The van der Waals surface area contributed by atoms with Gasteiger partial charge in [-0.25, -0.2) is 0 Å². The summed E-state index contributed by atoms with van der Waals surface area (Å²) in [4.78, 5) is 4.31. The highest BCUT2D eigenvalue weighted by molar-refractivity contribution is 6.21. The molecule has 0 unspecified atom stereocenters. The predicted octanol–water partition coefficient (Wildman–Crippen LogP) is 7.62. The molecule has 0 aliphatic heterocycles. The Hall–Kier alpha value is -4.88. The second kappa shape index (κ2) is 7.06. The number of hydrogen-bond acceptors (Lipinski definition) is 3. The van der Waals surface area contributed by atoms with Crippen LogP contribution in [0.2, 0.25) is 0 Å². The lowest BCUT2D eigenvalue weighted by Gasteiger charge is -2.14. The molecule has 4 aromatic carbocycles. The van der Waals surface area contributed by atoms with Crippen LogP contribution in [0.1, 0.15) is 5.56 Å². The van der Waals surface area contributed by atoms with Gasteiger partial charge in [0.2, 0.25) is 0 Å². The van der Waals surface area contributed by atoms with Gasteiger partial charge in [-0.3, -0.25) is 4.98 Å². The van der Waals surface area contributed by atoms with E-state index in [9.17, 15) is 5.26 Å². The Balaban J connectivity index is 1.67. The Morgan fingerprint density at radius 2 is 1.50 bits per heavy atom. The zero-order valence-corrected chi connectivity index (χ0v) is 18.1. The molecule has 158 valence electrons. The van der Waals surface area contributed by atoms with Gasteiger partial charge in [-0.15, -0.1) is 0 Å².